The van der Waals surface area contributed by atoms with Crippen LogP contribution in [0.1, 0.15) is 24.8 Å². The number of nitrogens with one attached hydrogen (secondary N) is 1. The van der Waals surface area contributed by atoms with Crippen molar-refractivity contribution in [2.24, 2.45) is 0 Å². The second kappa shape index (κ2) is 10.0. The summed E-state index contributed by atoms with van der Waals surface area (Å²) in [6, 6.07) is 5.83. The van der Waals surface area contributed by atoms with Gasteiger partial charge in [-0.25, -0.2) is 0 Å². The van der Waals surface area contributed by atoms with Gasteiger partial charge < -0.3 is 24.4 Å². The molecule has 2 rings (SSSR count). The fourth-order valence-electron chi connectivity index (χ4n) is 3.12. The number of methoxy groups -OCH3 is 3. The first-order valence-corrected chi connectivity index (χ1v) is 8.84. The van der Waals surface area contributed by atoms with Crippen molar-refractivity contribution in [3.05, 3.63) is 23.8 Å². The van der Waals surface area contributed by atoms with E-state index in [1.807, 2.05) is 23.1 Å². The van der Waals surface area contributed by atoms with E-state index in [9.17, 15) is 9.59 Å². The molecule has 0 spiro atoms. The molecule has 0 aromatic heterocycles. The number of aryl methyl sites for hydroxylation is 1. The highest BCUT2D eigenvalue weighted by atomic mass is 16.5. The number of piperidine rings is 1. The SMILES string of the molecule is COCC(=O)NC1CCN(C(=O)CCc2ccc(OC)c(OC)c2)CC1. The fraction of sp³-hybridized carbons (Fsp3) is 0.579. The predicted octanol–water partition coefficient (Wildman–Crippen LogP) is 1.39. The topological polar surface area (TPSA) is 77.1 Å². The minimum atomic E-state index is -0.106. The molecule has 2 amide bonds. The van der Waals surface area contributed by atoms with Gasteiger partial charge in [-0.05, 0) is 37.0 Å². The maximum Gasteiger partial charge on any atom is 0.246 e. The average Bonchev–Trinajstić information content (AvgIpc) is 2.66. The van der Waals surface area contributed by atoms with Crippen molar-refractivity contribution in [1.82, 2.24) is 10.2 Å². The van der Waals surface area contributed by atoms with Gasteiger partial charge in [-0.1, -0.05) is 6.07 Å². The first-order valence-electron chi connectivity index (χ1n) is 8.84. The Morgan fingerprint density at radius 3 is 2.42 bits per heavy atom. The molecule has 1 fully saturated rings. The summed E-state index contributed by atoms with van der Waals surface area (Å²) in [4.78, 5) is 25.9. The molecule has 0 unspecified atom stereocenters. The molecule has 7 nitrogen and oxygen atoms in total. The molecule has 1 aliphatic heterocycles. The largest absolute Gasteiger partial charge is 0.493 e. The summed E-state index contributed by atoms with van der Waals surface area (Å²) in [5.41, 5.74) is 1.04. The molecule has 144 valence electrons. The normalized spacial score (nSPS) is 14.8. The van der Waals surface area contributed by atoms with Gasteiger partial charge in [-0.3, -0.25) is 9.59 Å². The molecule has 1 saturated heterocycles. The van der Waals surface area contributed by atoms with Crippen molar-refractivity contribution in [2.45, 2.75) is 31.7 Å². The van der Waals surface area contributed by atoms with Gasteiger partial charge in [-0.2, -0.15) is 0 Å². The van der Waals surface area contributed by atoms with Crippen LogP contribution in [0.2, 0.25) is 0 Å². The number of likely N-dealkylation sites (tertiary alicyclic amines) is 1. The van der Waals surface area contributed by atoms with Crippen molar-refractivity contribution in [3.63, 3.8) is 0 Å². The molecular formula is C19H28N2O5. The molecule has 0 saturated carbocycles. The summed E-state index contributed by atoms with van der Waals surface area (Å²) in [7, 11) is 4.70. The van der Waals surface area contributed by atoms with Crippen molar-refractivity contribution in [2.75, 3.05) is 41.0 Å². The van der Waals surface area contributed by atoms with Crippen LogP contribution in [0, 0.1) is 0 Å². The zero-order chi connectivity index (χ0) is 18.9. The average molecular weight is 364 g/mol. The number of ether oxygens (including phenoxy) is 3. The molecule has 1 aromatic rings. The first-order chi connectivity index (χ1) is 12.6. The molecule has 1 aromatic carbocycles. The Labute approximate surface area is 154 Å². The molecule has 0 radical (unpaired) electrons. The second-order valence-electron chi connectivity index (χ2n) is 6.34. The summed E-state index contributed by atoms with van der Waals surface area (Å²) < 4.78 is 15.3. The number of carbonyl (C=O) groups is 2. The summed E-state index contributed by atoms with van der Waals surface area (Å²) >= 11 is 0. The standard InChI is InChI=1S/C19H28N2O5/c1-24-13-18(22)20-15-8-10-21(11-9-15)19(23)7-5-14-4-6-16(25-2)17(12-14)26-3/h4,6,12,15H,5,7-11,13H2,1-3H3,(H,20,22). The second-order valence-corrected chi connectivity index (χ2v) is 6.34. The summed E-state index contributed by atoms with van der Waals surface area (Å²) in [6.07, 6.45) is 2.66. The predicted molar refractivity (Wildman–Crippen MR) is 97.5 cm³/mol. The summed E-state index contributed by atoms with van der Waals surface area (Å²) in [5.74, 6) is 1.39. The van der Waals surface area contributed by atoms with Crippen LogP contribution in [0.3, 0.4) is 0 Å². The van der Waals surface area contributed by atoms with Crippen LogP contribution in [-0.4, -0.2) is 63.8 Å². The quantitative estimate of drug-likeness (QED) is 0.754. The van der Waals surface area contributed by atoms with E-state index in [4.69, 9.17) is 14.2 Å². The highest BCUT2D eigenvalue weighted by molar-refractivity contribution is 5.78. The number of carbonyl (C=O) groups excluding carboxylic acids is 2. The van der Waals surface area contributed by atoms with Crippen LogP contribution in [0.5, 0.6) is 11.5 Å². The van der Waals surface area contributed by atoms with E-state index in [1.54, 1.807) is 14.2 Å². The first kappa shape index (κ1) is 20.0. The van der Waals surface area contributed by atoms with Crippen LogP contribution >= 0.6 is 0 Å². The molecule has 0 bridgehead atoms. The lowest BCUT2D eigenvalue weighted by atomic mass is 10.0. The van der Waals surface area contributed by atoms with E-state index in [0.717, 1.165) is 18.4 Å². The minimum absolute atomic E-state index is 0.0739. The molecule has 0 aliphatic carbocycles. The summed E-state index contributed by atoms with van der Waals surface area (Å²) in [6.45, 7) is 1.41. The van der Waals surface area contributed by atoms with Crippen molar-refractivity contribution in [3.8, 4) is 11.5 Å². The molecule has 26 heavy (non-hydrogen) atoms. The maximum absolute atomic E-state index is 12.4. The minimum Gasteiger partial charge on any atom is -0.493 e. The van der Waals surface area contributed by atoms with Gasteiger partial charge in [0.15, 0.2) is 11.5 Å². The van der Waals surface area contributed by atoms with Gasteiger partial charge >= 0.3 is 0 Å². The Morgan fingerprint density at radius 2 is 1.81 bits per heavy atom. The molecule has 1 N–H and O–H groups in total. The third-order valence-corrected chi connectivity index (χ3v) is 4.56. The van der Waals surface area contributed by atoms with Gasteiger partial charge in [0.05, 0.1) is 14.2 Å². The lowest BCUT2D eigenvalue weighted by Gasteiger charge is -2.32. The van der Waals surface area contributed by atoms with Crippen LogP contribution in [0.25, 0.3) is 0 Å². The number of rotatable bonds is 8. The Balaban J connectivity index is 1.78. The Hall–Kier alpha value is -2.28. The highest BCUT2D eigenvalue weighted by Crippen LogP contribution is 2.28. The molecular weight excluding hydrogens is 336 g/mol. The molecule has 7 heteroatoms. The van der Waals surface area contributed by atoms with E-state index < -0.39 is 0 Å². The van der Waals surface area contributed by atoms with Gasteiger partial charge in [0.2, 0.25) is 11.8 Å². The van der Waals surface area contributed by atoms with E-state index in [1.165, 1.54) is 7.11 Å². The van der Waals surface area contributed by atoms with Crippen molar-refractivity contribution in [1.29, 1.82) is 0 Å². The number of hydrogen-bond donors (Lipinski definition) is 1. The van der Waals surface area contributed by atoms with E-state index in [2.05, 4.69) is 5.32 Å². The van der Waals surface area contributed by atoms with Gasteiger partial charge in [0.1, 0.15) is 6.61 Å². The van der Waals surface area contributed by atoms with E-state index >= 15 is 0 Å². The van der Waals surface area contributed by atoms with E-state index in [0.29, 0.717) is 37.4 Å². The third-order valence-electron chi connectivity index (χ3n) is 4.56. The molecule has 0 atom stereocenters. The Kier molecular flexibility index (Phi) is 7.72. The number of amides is 2. The van der Waals surface area contributed by atoms with Crippen molar-refractivity contribution >= 4 is 11.8 Å². The van der Waals surface area contributed by atoms with E-state index in [-0.39, 0.29) is 24.5 Å². The Bertz CT molecular complexity index is 612. The lowest BCUT2D eigenvalue weighted by molar-refractivity contribution is -0.132. The Morgan fingerprint density at radius 1 is 1.12 bits per heavy atom. The maximum atomic E-state index is 12.4. The van der Waals surface area contributed by atoms with Crippen LogP contribution in [-0.2, 0) is 20.7 Å². The number of nitrogens with zero attached hydrogens (tertiary/aromatic N) is 1. The number of benzene rings is 1. The van der Waals surface area contributed by atoms with Crippen LogP contribution in [0.4, 0.5) is 0 Å². The molecule has 1 aliphatic rings. The monoisotopic (exact) mass is 364 g/mol. The highest BCUT2D eigenvalue weighted by Gasteiger charge is 2.23. The van der Waals surface area contributed by atoms with Gasteiger partial charge in [-0.15, -0.1) is 0 Å². The summed E-state index contributed by atoms with van der Waals surface area (Å²) in [5, 5.41) is 2.93. The molecule has 1 heterocycles. The smallest absolute Gasteiger partial charge is 0.246 e. The fourth-order valence-corrected chi connectivity index (χ4v) is 3.12. The zero-order valence-corrected chi connectivity index (χ0v) is 15.7. The zero-order valence-electron chi connectivity index (χ0n) is 15.7. The third kappa shape index (κ3) is 5.62. The van der Waals surface area contributed by atoms with Crippen LogP contribution < -0.4 is 14.8 Å². The number of hydrogen-bond acceptors (Lipinski definition) is 5. The van der Waals surface area contributed by atoms with Crippen LogP contribution in [0.15, 0.2) is 18.2 Å². The van der Waals surface area contributed by atoms with Crippen molar-refractivity contribution < 1.29 is 23.8 Å². The van der Waals surface area contributed by atoms with Gasteiger partial charge in [0, 0.05) is 32.7 Å². The lowest BCUT2D eigenvalue weighted by Crippen LogP contribution is -2.47. The van der Waals surface area contributed by atoms with Gasteiger partial charge in [0.25, 0.3) is 0 Å².